The van der Waals surface area contributed by atoms with Gasteiger partial charge in [-0.1, -0.05) is 12.1 Å². The van der Waals surface area contributed by atoms with Crippen molar-refractivity contribution in [2.75, 3.05) is 43.9 Å². The summed E-state index contributed by atoms with van der Waals surface area (Å²) in [5, 5.41) is 15.2. The Kier molecular flexibility index (Phi) is 6.56. The number of nitrogens with one attached hydrogen (secondary N) is 2. The minimum Gasteiger partial charge on any atom is -0.379 e. The van der Waals surface area contributed by atoms with Gasteiger partial charge in [-0.15, -0.1) is 11.8 Å². The van der Waals surface area contributed by atoms with Crippen LogP contribution in [0.5, 0.6) is 0 Å². The van der Waals surface area contributed by atoms with Gasteiger partial charge < -0.3 is 10.1 Å². The van der Waals surface area contributed by atoms with Crippen molar-refractivity contribution in [1.29, 1.82) is 0 Å². The molecule has 0 amide bonds. The summed E-state index contributed by atoms with van der Waals surface area (Å²) in [5.74, 6) is 2.67. The number of fused-ring (bicyclic) bond motifs is 1. The van der Waals surface area contributed by atoms with E-state index in [9.17, 15) is 4.39 Å². The molecule has 1 aliphatic rings. The van der Waals surface area contributed by atoms with E-state index in [1.165, 1.54) is 12.1 Å². The van der Waals surface area contributed by atoms with Crippen molar-refractivity contribution in [2.45, 2.75) is 12.2 Å². The highest BCUT2D eigenvalue weighted by Gasteiger charge is 2.22. The maximum Gasteiger partial charge on any atom is 0.169 e. The molecule has 10 heteroatoms. The molecule has 4 aromatic rings. The van der Waals surface area contributed by atoms with Gasteiger partial charge in [-0.2, -0.15) is 10.2 Å². The first kappa shape index (κ1) is 21.9. The molecular formula is C23H26FN7OS. The van der Waals surface area contributed by atoms with E-state index in [-0.39, 0.29) is 11.1 Å². The maximum atomic E-state index is 13.6. The van der Waals surface area contributed by atoms with Gasteiger partial charge in [-0.3, -0.25) is 10.00 Å². The summed E-state index contributed by atoms with van der Waals surface area (Å²) >= 11 is 1.76. The van der Waals surface area contributed by atoms with Crippen LogP contribution in [0.3, 0.4) is 0 Å². The standard InChI is InChI=1S/C23H26FN7OS/c1-16-15-20(28-27-16)25-22-19-3-2-8-31(19)29-23(26-22)21(17-4-6-18(24)7-5-17)33-14-11-30-9-12-32-13-10-30/h2-8,15,21H,9-14H2,1H3,(H2,25,26,27,28,29). The number of benzene rings is 1. The number of rotatable bonds is 8. The number of anilines is 2. The lowest BCUT2D eigenvalue weighted by Crippen LogP contribution is -2.37. The monoisotopic (exact) mass is 467 g/mol. The van der Waals surface area contributed by atoms with Gasteiger partial charge in [0.15, 0.2) is 17.5 Å². The molecule has 5 rings (SSSR count). The molecule has 0 aliphatic carbocycles. The third kappa shape index (κ3) is 5.18. The van der Waals surface area contributed by atoms with E-state index in [1.807, 2.05) is 48.0 Å². The normalized spacial score (nSPS) is 15.7. The number of thioether (sulfide) groups is 1. The topological polar surface area (TPSA) is 83.4 Å². The highest BCUT2D eigenvalue weighted by atomic mass is 32.2. The molecule has 4 heterocycles. The van der Waals surface area contributed by atoms with Crippen LogP contribution in [-0.2, 0) is 4.74 Å². The van der Waals surface area contributed by atoms with E-state index in [0.717, 1.165) is 55.4 Å². The number of aromatic amines is 1. The molecule has 1 fully saturated rings. The zero-order chi connectivity index (χ0) is 22.6. The van der Waals surface area contributed by atoms with Crippen molar-refractivity contribution in [3.8, 4) is 0 Å². The Labute approximate surface area is 195 Å². The van der Waals surface area contributed by atoms with E-state index in [4.69, 9.17) is 14.8 Å². The Bertz CT molecular complexity index is 1200. The van der Waals surface area contributed by atoms with Crippen molar-refractivity contribution >= 4 is 28.9 Å². The second kappa shape index (κ2) is 9.90. The fraction of sp³-hybridized carbons (Fsp3) is 0.348. The van der Waals surface area contributed by atoms with Crippen molar-refractivity contribution in [2.24, 2.45) is 0 Å². The van der Waals surface area contributed by atoms with Crippen LogP contribution in [-0.4, -0.2) is 68.3 Å². The predicted octanol–water partition coefficient (Wildman–Crippen LogP) is 3.80. The van der Waals surface area contributed by atoms with Gasteiger partial charge in [0.1, 0.15) is 11.3 Å². The van der Waals surface area contributed by atoms with E-state index in [2.05, 4.69) is 20.4 Å². The fourth-order valence-corrected chi connectivity index (χ4v) is 5.04. The predicted molar refractivity (Wildman–Crippen MR) is 128 cm³/mol. The van der Waals surface area contributed by atoms with Gasteiger partial charge in [0, 0.05) is 43.3 Å². The molecular weight excluding hydrogens is 441 g/mol. The van der Waals surface area contributed by atoms with Crippen LogP contribution in [0, 0.1) is 12.7 Å². The second-order valence-corrected chi connectivity index (χ2v) is 9.19. The molecule has 2 N–H and O–H groups in total. The van der Waals surface area contributed by atoms with Crippen LogP contribution in [0.15, 0.2) is 48.7 Å². The number of ether oxygens (including phenoxy) is 1. The molecule has 1 unspecified atom stereocenters. The molecule has 33 heavy (non-hydrogen) atoms. The minimum absolute atomic E-state index is 0.139. The molecule has 0 saturated carbocycles. The lowest BCUT2D eigenvalue weighted by atomic mass is 10.1. The largest absolute Gasteiger partial charge is 0.379 e. The average Bonchev–Trinajstić information content (AvgIpc) is 3.47. The lowest BCUT2D eigenvalue weighted by molar-refractivity contribution is 0.0410. The van der Waals surface area contributed by atoms with Gasteiger partial charge in [-0.25, -0.2) is 13.9 Å². The molecule has 3 aromatic heterocycles. The number of morpholine rings is 1. The molecule has 0 bridgehead atoms. The smallest absolute Gasteiger partial charge is 0.169 e. The van der Waals surface area contributed by atoms with Gasteiger partial charge in [-0.05, 0) is 36.8 Å². The Hall–Kier alpha value is -2.95. The number of halogens is 1. The Morgan fingerprint density at radius 1 is 1.21 bits per heavy atom. The number of hydrogen-bond donors (Lipinski definition) is 2. The first-order valence-electron chi connectivity index (χ1n) is 11.0. The van der Waals surface area contributed by atoms with E-state index >= 15 is 0 Å². The van der Waals surface area contributed by atoms with Crippen LogP contribution >= 0.6 is 11.8 Å². The summed E-state index contributed by atoms with van der Waals surface area (Å²) in [6.07, 6.45) is 1.90. The van der Waals surface area contributed by atoms with Crippen LogP contribution < -0.4 is 5.32 Å². The molecule has 172 valence electrons. The van der Waals surface area contributed by atoms with Crippen molar-refractivity contribution in [1.82, 2.24) is 29.7 Å². The van der Waals surface area contributed by atoms with Crippen molar-refractivity contribution in [3.63, 3.8) is 0 Å². The summed E-state index contributed by atoms with van der Waals surface area (Å²) in [7, 11) is 0. The lowest BCUT2D eigenvalue weighted by Gasteiger charge is -2.27. The summed E-state index contributed by atoms with van der Waals surface area (Å²) in [6, 6.07) is 12.4. The van der Waals surface area contributed by atoms with Gasteiger partial charge >= 0.3 is 0 Å². The highest BCUT2D eigenvalue weighted by molar-refractivity contribution is 7.99. The average molecular weight is 468 g/mol. The number of nitrogens with zero attached hydrogens (tertiary/aromatic N) is 5. The molecule has 0 spiro atoms. The van der Waals surface area contributed by atoms with Crippen LogP contribution in [0.2, 0.25) is 0 Å². The van der Waals surface area contributed by atoms with Gasteiger partial charge in [0.25, 0.3) is 0 Å². The van der Waals surface area contributed by atoms with Gasteiger partial charge in [0.05, 0.1) is 18.5 Å². The summed E-state index contributed by atoms with van der Waals surface area (Å²) < 4.78 is 20.9. The summed E-state index contributed by atoms with van der Waals surface area (Å²) in [6.45, 7) is 6.36. The first-order valence-corrected chi connectivity index (χ1v) is 12.0. The third-order valence-electron chi connectivity index (χ3n) is 5.56. The Morgan fingerprint density at radius 2 is 2.03 bits per heavy atom. The van der Waals surface area contributed by atoms with Gasteiger partial charge in [0.2, 0.25) is 0 Å². The first-order chi connectivity index (χ1) is 16.2. The molecule has 1 atom stereocenters. The van der Waals surface area contributed by atoms with Crippen LogP contribution in [0.25, 0.3) is 5.52 Å². The SMILES string of the molecule is Cc1cc(Nc2nc(C(SCCN3CCOCC3)c3ccc(F)cc3)nn3cccc23)n[nH]1. The van der Waals surface area contributed by atoms with Crippen molar-refractivity contribution < 1.29 is 9.13 Å². The molecule has 1 aliphatic heterocycles. The molecule has 0 radical (unpaired) electrons. The number of hydrogen-bond acceptors (Lipinski definition) is 7. The Balaban J connectivity index is 1.45. The van der Waals surface area contributed by atoms with Crippen molar-refractivity contribution in [3.05, 3.63) is 71.6 Å². The summed E-state index contributed by atoms with van der Waals surface area (Å²) in [5.41, 5.74) is 2.79. The molecule has 8 nitrogen and oxygen atoms in total. The molecule has 1 saturated heterocycles. The molecule has 1 aromatic carbocycles. The zero-order valence-electron chi connectivity index (χ0n) is 18.4. The quantitative estimate of drug-likeness (QED) is 0.408. The highest BCUT2D eigenvalue weighted by Crippen LogP contribution is 2.35. The number of aryl methyl sites for hydroxylation is 1. The van der Waals surface area contributed by atoms with E-state index in [1.54, 1.807) is 11.8 Å². The fourth-order valence-electron chi connectivity index (χ4n) is 3.84. The van der Waals surface area contributed by atoms with E-state index < -0.39 is 0 Å². The minimum atomic E-state index is -0.256. The second-order valence-electron chi connectivity index (χ2n) is 7.97. The number of aromatic nitrogens is 5. The summed E-state index contributed by atoms with van der Waals surface area (Å²) in [4.78, 5) is 7.30. The van der Waals surface area contributed by atoms with Crippen LogP contribution in [0.4, 0.5) is 16.0 Å². The van der Waals surface area contributed by atoms with E-state index in [0.29, 0.717) is 17.5 Å². The maximum absolute atomic E-state index is 13.6. The van der Waals surface area contributed by atoms with Crippen LogP contribution in [0.1, 0.15) is 22.3 Å². The number of H-pyrrole nitrogens is 1. The Morgan fingerprint density at radius 3 is 2.79 bits per heavy atom. The third-order valence-corrected chi connectivity index (χ3v) is 6.80. The zero-order valence-corrected chi connectivity index (χ0v) is 19.2.